The Morgan fingerprint density at radius 2 is 0.727 bits per heavy atom. The van der Waals surface area contributed by atoms with Crippen molar-refractivity contribution in [2.45, 2.75) is 19.6 Å². The first-order valence-electron chi connectivity index (χ1n) is 7.01. The van der Waals surface area contributed by atoms with Gasteiger partial charge in [0, 0.05) is 0 Å². The van der Waals surface area contributed by atoms with Crippen molar-refractivity contribution in [3.63, 3.8) is 0 Å². The zero-order valence-corrected chi connectivity index (χ0v) is 20.9. The van der Waals surface area contributed by atoms with Crippen LogP contribution in [0.4, 0.5) is 0 Å². The van der Waals surface area contributed by atoms with Crippen LogP contribution in [0.15, 0.2) is 43.8 Å². The van der Waals surface area contributed by atoms with Gasteiger partial charge in [-0.2, -0.15) is 33.7 Å². The van der Waals surface area contributed by atoms with Crippen LogP contribution >= 0.6 is 0 Å². The topological polar surface area (TPSA) is 310 Å². The maximum atomic E-state index is 11.0. The fraction of sp³-hybridized carbons (Fsp3) is 0. The first-order chi connectivity index (χ1) is 14.1. The van der Waals surface area contributed by atoms with E-state index in [1.807, 2.05) is 0 Å². The van der Waals surface area contributed by atoms with E-state index in [-0.39, 0.29) is 48.7 Å². The summed E-state index contributed by atoms with van der Waals surface area (Å²) >= 11 is 0. The van der Waals surface area contributed by atoms with E-state index >= 15 is 0 Å². The predicted octanol–water partition coefficient (Wildman–Crippen LogP) is -3.73. The van der Waals surface area contributed by atoms with Gasteiger partial charge in [-0.05, 0) is 24.3 Å². The molecule has 16 nitrogen and oxygen atoms in total. The van der Waals surface area contributed by atoms with Crippen LogP contribution in [0.5, 0.6) is 23.0 Å². The molecule has 0 aliphatic carbocycles. The SMILES string of the molecule is O=S(=O)(O)c1cc([O-])c([O-])c(S(=O)(=O)O)c1.O=S(=O)(O)c1cc([O-])c([O-])c(S(=O)(=O)O)c1.[Sb+5]. The Labute approximate surface area is 203 Å². The molecule has 2 rings (SSSR count). The summed E-state index contributed by atoms with van der Waals surface area (Å²) in [6, 6.07) is 0.918. The van der Waals surface area contributed by atoms with Crippen LogP contribution in [0, 0.1) is 0 Å². The van der Waals surface area contributed by atoms with Crippen molar-refractivity contribution in [2.75, 3.05) is 0 Å². The van der Waals surface area contributed by atoms with Gasteiger partial charge in [-0.3, -0.25) is 18.2 Å². The summed E-state index contributed by atoms with van der Waals surface area (Å²) in [6.45, 7) is 0. The summed E-state index contributed by atoms with van der Waals surface area (Å²) in [5, 5.41) is 43.7. The van der Waals surface area contributed by atoms with Crippen LogP contribution in [0.2, 0.25) is 0 Å². The van der Waals surface area contributed by atoms with Crippen molar-refractivity contribution < 1.29 is 72.3 Å². The van der Waals surface area contributed by atoms with Gasteiger partial charge in [0.05, 0.1) is 19.6 Å². The van der Waals surface area contributed by atoms with Crippen LogP contribution in [0.25, 0.3) is 0 Å². The van der Waals surface area contributed by atoms with Gasteiger partial charge in [0.1, 0.15) is 0 Å². The number of hydrogen-bond acceptors (Lipinski definition) is 12. The van der Waals surface area contributed by atoms with Gasteiger partial charge >= 0.3 is 24.4 Å². The fourth-order valence-corrected chi connectivity index (χ4v) is 4.20. The Morgan fingerprint density at radius 1 is 0.485 bits per heavy atom. The summed E-state index contributed by atoms with van der Waals surface area (Å²) in [4.78, 5) is -4.95. The zero-order valence-electron chi connectivity index (χ0n) is 15.1. The van der Waals surface area contributed by atoms with Crippen LogP contribution < -0.4 is 20.4 Å². The number of rotatable bonds is 4. The van der Waals surface area contributed by atoms with Crippen LogP contribution in [0.1, 0.15) is 0 Å². The molecule has 0 aliphatic rings. The van der Waals surface area contributed by atoms with Crippen molar-refractivity contribution in [3.8, 4) is 23.0 Å². The van der Waals surface area contributed by atoms with E-state index in [9.17, 15) is 54.1 Å². The van der Waals surface area contributed by atoms with E-state index in [1.165, 1.54) is 0 Å². The number of hydrogen-bond donors (Lipinski definition) is 4. The smallest absolute Gasteiger partial charge is 0.873 e. The maximum absolute atomic E-state index is 11.0. The molecule has 21 heteroatoms. The zero-order chi connectivity index (χ0) is 25.4. The molecule has 0 atom stereocenters. The third-order valence-electron chi connectivity index (χ3n) is 3.14. The second-order valence-corrected chi connectivity index (χ2v) is 11.0. The van der Waals surface area contributed by atoms with Crippen molar-refractivity contribution in [1.29, 1.82) is 0 Å². The minimum absolute atomic E-state index is 0. The second kappa shape index (κ2) is 10.2. The largest absolute Gasteiger partial charge is 5.00 e. The van der Waals surface area contributed by atoms with Gasteiger partial charge in [0.2, 0.25) is 0 Å². The average molecular weight is 658 g/mol. The quantitative estimate of drug-likeness (QED) is 0.181. The molecular formula is C12H8O16S4Sb+. The molecule has 4 N–H and O–H groups in total. The van der Waals surface area contributed by atoms with Gasteiger partial charge in [0.15, 0.2) is 0 Å². The monoisotopic (exact) mass is 657 g/mol. The van der Waals surface area contributed by atoms with Crippen molar-refractivity contribution in [3.05, 3.63) is 24.3 Å². The summed E-state index contributed by atoms with van der Waals surface area (Å²) < 4.78 is 119. The molecule has 2 aromatic rings. The third kappa shape index (κ3) is 8.12. The maximum Gasteiger partial charge on any atom is 5.00 e. The van der Waals surface area contributed by atoms with Crippen LogP contribution in [-0.4, -0.2) is 76.3 Å². The molecule has 0 heterocycles. The Hall–Kier alpha value is -1.90. The predicted molar refractivity (Wildman–Crippen MR) is 95.7 cm³/mol. The van der Waals surface area contributed by atoms with E-state index in [0.717, 1.165) is 0 Å². The van der Waals surface area contributed by atoms with Gasteiger partial charge in [-0.1, -0.05) is 11.5 Å². The van der Waals surface area contributed by atoms with Crippen molar-refractivity contribution >= 4 is 64.9 Å². The first-order valence-corrected chi connectivity index (χ1v) is 12.8. The molecule has 0 aliphatic heterocycles. The molecule has 0 saturated carbocycles. The molecule has 0 saturated heterocycles. The molecule has 0 bridgehead atoms. The molecule has 0 unspecified atom stereocenters. The summed E-state index contributed by atoms with van der Waals surface area (Å²) in [7, 11) is -19.7. The molecule has 0 radical (unpaired) electrons. The Morgan fingerprint density at radius 3 is 0.909 bits per heavy atom. The molecule has 33 heavy (non-hydrogen) atoms. The van der Waals surface area contributed by atoms with Crippen molar-refractivity contribution in [2.24, 2.45) is 0 Å². The normalized spacial score (nSPS) is 12.2. The van der Waals surface area contributed by atoms with E-state index in [2.05, 4.69) is 0 Å². The fourth-order valence-electron chi connectivity index (χ4n) is 1.79. The Bertz CT molecular complexity index is 1380. The Kier molecular flexibility index (Phi) is 9.57. The molecule has 0 spiro atoms. The molecule has 0 aromatic heterocycles. The van der Waals surface area contributed by atoms with Gasteiger partial charge in [0.25, 0.3) is 40.5 Å². The van der Waals surface area contributed by atoms with E-state index in [0.29, 0.717) is 0 Å². The summed E-state index contributed by atoms with van der Waals surface area (Å²) in [5.41, 5.74) is 0. The second-order valence-electron chi connectivity index (χ2n) is 5.40. The standard InChI is InChI=1S/2C6H6O8S2.Sb/c2*7-4-1-3(15(9,10)11)2-5(6(4)8)16(12,13)14;/h2*1-2,7-8H,(H,9,10,11)(H,12,13,14);/q;;+5/p-4. The van der Waals surface area contributed by atoms with Crippen LogP contribution in [-0.2, 0) is 40.5 Å². The molecule has 2 aromatic carbocycles. The summed E-state index contributed by atoms with van der Waals surface area (Å²) in [6.07, 6.45) is 0. The molecule has 180 valence electrons. The van der Waals surface area contributed by atoms with Gasteiger partial charge in [-0.15, -0.1) is 11.5 Å². The van der Waals surface area contributed by atoms with Crippen LogP contribution in [0.3, 0.4) is 0 Å². The van der Waals surface area contributed by atoms with Gasteiger partial charge < -0.3 is 20.4 Å². The minimum atomic E-state index is -5.03. The number of benzene rings is 2. The molecule has 0 fully saturated rings. The third-order valence-corrected chi connectivity index (χ3v) is 6.52. The van der Waals surface area contributed by atoms with Crippen molar-refractivity contribution in [1.82, 2.24) is 0 Å². The Balaban J connectivity index is 0.000000602. The minimum Gasteiger partial charge on any atom is -0.873 e. The molecule has 0 amide bonds. The van der Waals surface area contributed by atoms with E-state index in [4.69, 9.17) is 18.2 Å². The van der Waals surface area contributed by atoms with E-state index in [1.54, 1.807) is 0 Å². The van der Waals surface area contributed by atoms with E-state index < -0.39 is 83.1 Å². The molecular weight excluding hydrogens is 650 g/mol. The average Bonchev–Trinajstić information content (AvgIpc) is 2.56. The summed E-state index contributed by atoms with van der Waals surface area (Å²) in [5.74, 6) is -6.09. The van der Waals surface area contributed by atoms with Gasteiger partial charge in [-0.25, -0.2) is 0 Å². The first kappa shape index (κ1) is 31.1.